The topological polar surface area (TPSA) is 96.0 Å². The van der Waals surface area contributed by atoms with Crippen molar-refractivity contribution in [3.8, 4) is 6.07 Å². The van der Waals surface area contributed by atoms with E-state index < -0.39 is 10.8 Å². The number of carbonyl (C=O) groups is 1. The van der Waals surface area contributed by atoms with Crippen molar-refractivity contribution >= 4 is 28.9 Å². The van der Waals surface area contributed by atoms with Crippen LogP contribution in [0.25, 0.3) is 0 Å². The van der Waals surface area contributed by atoms with Crippen molar-refractivity contribution in [1.82, 2.24) is 0 Å². The number of hydrogen-bond donors (Lipinski definition) is 1. The quantitative estimate of drug-likeness (QED) is 0.694. The summed E-state index contributed by atoms with van der Waals surface area (Å²) in [6, 6.07) is 11.8. The molecule has 0 atom stereocenters. The summed E-state index contributed by atoms with van der Waals surface area (Å²) in [6.07, 6.45) is 0. The van der Waals surface area contributed by atoms with E-state index in [0.717, 1.165) is 0 Å². The average Bonchev–Trinajstić information content (AvgIpc) is 2.47. The van der Waals surface area contributed by atoms with Crippen LogP contribution in [-0.4, -0.2) is 10.8 Å². The van der Waals surface area contributed by atoms with Crippen molar-refractivity contribution in [2.24, 2.45) is 0 Å². The Bertz CT molecular complexity index is 768. The third kappa shape index (κ3) is 3.16. The number of benzene rings is 2. The molecule has 2 aromatic rings. The second-order valence-electron chi connectivity index (χ2n) is 4.03. The molecule has 2 rings (SSSR count). The predicted octanol–water partition coefficient (Wildman–Crippen LogP) is 3.37. The van der Waals surface area contributed by atoms with Crippen LogP contribution in [0.2, 0.25) is 5.02 Å². The van der Waals surface area contributed by atoms with Crippen LogP contribution in [0, 0.1) is 21.4 Å². The Morgan fingerprint density at radius 1 is 1.29 bits per heavy atom. The third-order valence-electron chi connectivity index (χ3n) is 2.70. The van der Waals surface area contributed by atoms with E-state index in [1.54, 1.807) is 0 Å². The van der Waals surface area contributed by atoms with Crippen molar-refractivity contribution in [2.45, 2.75) is 0 Å². The summed E-state index contributed by atoms with van der Waals surface area (Å²) in [4.78, 5) is 22.4. The Balaban J connectivity index is 2.38. The van der Waals surface area contributed by atoms with E-state index in [0.29, 0.717) is 5.02 Å². The lowest BCUT2D eigenvalue weighted by molar-refractivity contribution is -0.385. The monoisotopic (exact) mass is 301 g/mol. The molecule has 0 saturated heterocycles. The van der Waals surface area contributed by atoms with Gasteiger partial charge < -0.3 is 5.32 Å². The summed E-state index contributed by atoms with van der Waals surface area (Å²) in [7, 11) is 0. The summed E-state index contributed by atoms with van der Waals surface area (Å²) in [5.74, 6) is -0.680. The number of hydrogen-bond acceptors (Lipinski definition) is 4. The Morgan fingerprint density at radius 3 is 2.67 bits per heavy atom. The van der Waals surface area contributed by atoms with Crippen LogP contribution in [0.5, 0.6) is 0 Å². The van der Waals surface area contributed by atoms with Crippen molar-refractivity contribution in [1.29, 1.82) is 5.26 Å². The van der Waals surface area contributed by atoms with Gasteiger partial charge in [0.05, 0.1) is 16.2 Å². The largest absolute Gasteiger partial charge is 0.321 e. The fourth-order valence-corrected chi connectivity index (χ4v) is 1.90. The van der Waals surface area contributed by atoms with Crippen LogP contribution in [0.15, 0.2) is 42.5 Å². The van der Waals surface area contributed by atoms with Crippen LogP contribution >= 0.6 is 11.6 Å². The van der Waals surface area contributed by atoms with Gasteiger partial charge in [-0.1, -0.05) is 23.7 Å². The molecule has 0 saturated carbocycles. The van der Waals surface area contributed by atoms with E-state index >= 15 is 0 Å². The number of para-hydroxylation sites is 1. The van der Waals surface area contributed by atoms with E-state index in [1.165, 1.54) is 42.5 Å². The van der Waals surface area contributed by atoms with Gasteiger partial charge in [-0.05, 0) is 24.3 Å². The number of anilines is 1. The first-order valence-electron chi connectivity index (χ1n) is 5.77. The molecule has 1 N–H and O–H groups in total. The molecule has 0 radical (unpaired) electrons. The normalized spacial score (nSPS) is 9.71. The van der Waals surface area contributed by atoms with E-state index in [-0.39, 0.29) is 22.5 Å². The van der Waals surface area contributed by atoms with Crippen LogP contribution in [0.4, 0.5) is 11.4 Å². The lowest BCUT2D eigenvalue weighted by Crippen LogP contribution is -2.14. The highest BCUT2D eigenvalue weighted by molar-refractivity contribution is 6.31. The number of nitriles is 1. The third-order valence-corrected chi connectivity index (χ3v) is 2.93. The second-order valence-corrected chi connectivity index (χ2v) is 4.47. The molecule has 2 aromatic carbocycles. The van der Waals surface area contributed by atoms with E-state index in [9.17, 15) is 14.9 Å². The van der Waals surface area contributed by atoms with Crippen molar-refractivity contribution in [3.63, 3.8) is 0 Å². The van der Waals surface area contributed by atoms with Gasteiger partial charge in [0, 0.05) is 11.1 Å². The molecule has 0 aromatic heterocycles. The number of rotatable bonds is 3. The molecule has 104 valence electrons. The summed E-state index contributed by atoms with van der Waals surface area (Å²) in [6.45, 7) is 0. The van der Waals surface area contributed by atoms with Crippen LogP contribution in [0.1, 0.15) is 15.9 Å². The number of nitrogens with one attached hydrogen (secondary N) is 1. The minimum atomic E-state index is -0.680. The summed E-state index contributed by atoms with van der Waals surface area (Å²) >= 11 is 5.82. The van der Waals surface area contributed by atoms with Crippen molar-refractivity contribution in [3.05, 3.63) is 68.7 Å². The smallest absolute Gasteiger partial charge is 0.282 e. The standard InChI is InChI=1S/C14H8ClN3O3/c15-10-6-5-9(8-16)12(7-10)17-14(19)11-3-1-2-4-13(11)18(20)21/h1-7H,(H,17,19). The molecule has 0 aliphatic rings. The lowest BCUT2D eigenvalue weighted by Gasteiger charge is -2.07. The van der Waals surface area contributed by atoms with Crippen molar-refractivity contribution < 1.29 is 9.72 Å². The molecule has 1 amide bonds. The van der Waals surface area contributed by atoms with Gasteiger partial charge in [-0.2, -0.15) is 5.26 Å². The number of nitrogens with zero attached hydrogens (tertiary/aromatic N) is 2. The Kier molecular flexibility index (Phi) is 4.16. The van der Waals surface area contributed by atoms with E-state index in [2.05, 4.69) is 5.32 Å². The lowest BCUT2D eigenvalue weighted by atomic mass is 10.1. The first-order valence-corrected chi connectivity index (χ1v) is 6.15. The summed E-state index contributed by atoms with van der Waals surface area (Å²) in [5.41, 5.74) is 0.0152. The van der Waals surface area contributed by atoms with Crippen molar-refractivity contribution in [2.75, 3.05) is 5.32 Å². The van der Waals surface area contributed by atoms with E-state index in [4.69, 9.17) is 16.9 Å². The molecule has 0 heterocycles. The molecule has 0 fully saturated rings. The summed E-state index contributed by atoms with van der Waals surface area (Å²) < 4.78 is 0. The van der Waals surface area contributed by atoms with Crippen LogP contribution in [-0.2, 0) is 0 Å². The number of nitro benzene ring substituents is 1. The zero-order chi connectivity index (χ0) is 15.4. The fraction of sp³-hybridized carbons (Fsp3) is 0. The Labute approximate surface area is 124 Å². The molecule has 21 heavy (non-hydrogen) atoms. The average molecular weight is 302 g/mol. The minimum absolute atomic E-state index is 0.0913. The molecular formula is C14H8ClN3O3. The second kappa shape index (κ2) is 6.03. The van der Waals surface area contributed by atoms with Gasteiger partial charge >= 0.3 is 0 Å². The number of nitro groups is 1. The molecule has 6 nitrogen and oxygen atoms in total. The van der Waals surface area contributed by atoms with Crippen LogP contribution < -0.4 is 5.32 Å². The fourth-order valence-electron chi connectivity index (χ4n) is 1.73. The Hall–Kier alpha value is -2.91. The number of carbonyl (C=O) groups excluding carboxylic acids is 1. The van der Waals surface area contributed by atoms with E-state index in [1.807, 2.05) is 6.07 Å². The molecule has 0 bridgehead atoms. The highest BCUT2D eigenvalue weighted by Gasteiger charge is 2.20. The molecule has 7 heteroatoms. The molecular weight excluding hydrogens is 294 g/mol. The maximum absolute atomic E-state index is 12.2. The Morgan fingerprint density at radius 2 is 2.00 bits per heavy atom. The zero-order valence-electron chi connectivity index (χ0n) is 10.5. The molecule has 0 spiro atoms. The molecule has 0 aliphatic carbocycles. The van der Waals surface area contributed by atoms with Gasteiger partial charge in [0.25, 0.3) is 11.6 Å². The van der Waals surface area contributed by atoms with Gasteiger partial charge in [0.15, 0.2) is 0 Å². The highest BCUT2D eigenvalue weighted by Crippen LogP contribution is 2.23. The zero-order valence-corrected chi connectivity index (χ0v) is 11.3. The number of halogens is 1. The van der Waals surface area contributed by atoms with Gasteiger partial charge in [-0.25, -0.2) is 0 Å². The molecule has 0 unspecified atom stereocenters. The SMILES string of the molecule is N#Cc1ccc(Cl)cc1NC(=O)c1ccccc1[N+](=O)[O-]. The highest BCUT2D eigenvalue weighted by atomic mass is 35.5. The number of amides is 1. The van der Waals surface area contributed by atoms with Gasteiger partial charge in [-0.15, -0.1) is 0 Å². The first-order chi connectivity index (χ1) is 10.0. The van der Waals surface area contributed by atoms with Gasteiger partial charge in [0.2, 0.25) is 0 Å². The van der Waals surface area contributed by atoms with Crippen LogP contribution in [0.3, 0.4) is 0 Å². The maximum atomic E-state index is 12.2. The predicted molar refractivity (Wildman–Crippen MR) is 77.2 cm³/mol. The maximum Gasteiger partial charge on any atom is 0.282 e. The van der Waals surface area contributed by atoms with Gasteiger partial charge in [-0.3, -0.25) is 14.9 Å². The first kappa shape index (κ1) is 14.5. The summed E-state index contributed by atoms with van der Waals surface area (Å²) in [5, 5.41) is 22.7. The van der Waals surface area contributed by atoms with Gasteiger partial charge in [0.1, 0.15) is 11.6 Å². The minimum Gasteiger partial charge on any atom is -0.321 e. The molecule has 0 aliphatic heterocycles.